The zero-order valence-corrected chi connectivity index (χ0v) is 13.3. The minimum absolute atomic E-state index is 0.0501. The van der Waals surface area contributed by atoms with E-state index in [4.69, 9.17) is 10.5 Å². The zero-order valence-electron chi connectivity index (χ0n) is 13.3. The molecule has 1 aromatic heterocycles. The Kier molecular flexibility index (Phi) is 4.48. The lowest BCUT2D eigenvalue weighted by Crippen LogP contribution is -2.42. The van der Waals surface area contributed by atoms with Crippen LogP contribution in [0.5, 0.6) is 5.88 Å². The van der Waals surface area contributed by atoms with Crippen LogP contribution in [0.25, 0.3) is 11.0 Å². The number of hydrogen-bond acceptors (Lipinski definition) is 6. The second kappa shape index (κ2) is 6.39. The van der Waals surface area contributed by atoms with Gasteiger partial charge in [0.2, 0.25) is 5.88 Å². The van der Waals surface area contributed by atoms with E-state index in [9.17, 15) is 10.2 Å². The summed E-state index contributed by atoms with van der Waals surface area (Å²) in [7, 11) is 1.53. The molecule has 0 spiro atoms. The molecule has 1 atom stereocenters. The topological polar surface area (TPSA) is 101 Å². The van der Waals surface area contributed by atoms with E-state index in [1.165, 1.54) is 7.11 Å². The van der Waals surface area contributed by atoms with E-state index in [-0.39, 0.29) is 18.6 Å². The summed E-state index contributed by atoms with van der Waals surface area (Å²) in [6, 6.07) is 5.65. The summed E-state index contributed by atoms with van der Waals surface area (Å²) < 4.78 is 5.15. The van der Waals surface area contributed by atoms with Crippen molar-refractivity contribution in [2.75, 3.05) is 13.7 Å². The molecule has 1 aliphatic rings. The van der Waals surface area contributed by atoms with Gasteiger partial charge in [-0.15, -0.1) is 0 Å². The SMILES string of the molecule is COc1cnc2cccc([C@@](O)(CO)C3CCC(N)CC3)c2n1. The van der Waals surface area contributed by atoms with E-state index >= 15 is 0 Å². The van der Waals surface area contributed by atoms with Gasteiger partial charge < -0.3 is 20.7 Å². The first kappa shape index (κ1) is 16.1. The van der Waals surface area contributed by atoms with E-state index in [1.54, 1.807) is 12.3 Å². The lowest BCUT2D eigenvalue weighted by Gasteiger charge is -2.39. The first-order valence-electron chi connectivity index (χ1n) is 7.97. The van der Waals surface area contributed by atoms with E-state index < -0.39 is 5.60 Å². The van der Waals surface area contributed by atoms with Gasteiger partial charge in [0.15, 0.2) is 0 Å². The van der Waals surface area contributed by atoms with Crippen molar-refractivity contribution in [3.05, 3.63) is 30.0 Å². The van der Waals surface area contributed by atoms with Crippen LogP contribution in [0.1, 0.15) is 31.2 Å². The van der Waals surface area contributed by atoms with Crippen molar-refractivity contribution in [3.63, 3.8) is 0 Å². The molecule has 0 unspecified atom stereocenters. The minimum Gasteiger partial charge on any atom is -0.480 e. The number of benzene rings is 1. The average molecular weight is 317 g/mol. The summed E-state index contributed by atoms with van der Waals surface area (Å²) in [6.45, 7) is -0.356. The highest BCUT2D eigenvalue weighted by Gasteiger charge is 2.41. The lowest BCUT2D eigenvalue weighted by atomic mass is 9.72. The van der Waals surface area contributed by atoms with Gasteiger partial charge in [-0.3, -0.25) is 0 Å². The number of aliphatic hydroxyl groups is 2. The maximum absolute atomic E-state index is 11.3. The van der Waals surface area contributed by atoms with Crippen LogP contribution in [-0.4, -0.2) is 39.9 Å². The molecular formula is C17H23N3O3. The minimum atomic E-state index is -1.35. The summed E-state index contributed by atoms with van der Waals surface area (Å²) >= 11 is 0. The molecule has 6 heteroatoms. The number of methoxy groups -OCH3 is 1. The van der Waals surface area contributed by atoms with E-state index in [2.05, 4.69) is 9.97 Å². The van der Waals surface area contributed by atoms with Crippen LogP contribution in [0.4, 0.5) is 0 Å². The summed E-state index contributed by atoms with van der Waals surface area (Å²) in [5, 5.41) is 21.2. The fourth-order valence-corrected chi connectivity index (χ4v) is 3.50. The maximum atomic E-state index is 11.3. The third kappa shape index (κ3) is 2.89. The highest BCUT2D eigenvalue weighted by molar-refractivity contribution is 5.79. The first-order chi connectivity index (χ1) is 11.1. The number of aliphatic hydroxyl groups excluding tert-OH is 1. The summed E-state index contributed by atoms with van der Waals surface area (Å²) in [4.78, 5) is 8.75. The zero-order chi connectivity index (χ0) is 16.4. The second-order valence-electron chi connectivity index (χ2n) is 6.28. The number of rotatable bonds is 4. The normalized spacial score (nSPS) is 24.3. The molecule has 1 saturated carbocycles. The monoisotopic (exact) mass is 317 g/mol. The molecule has 1 heterocycles. The standard InChI is InChI=1S/C17H23N3O3/c1-23-15-9-19-14-4-2-3-13(16(14)20-15)17(22,10-21)11-5-7-12(18)8-6-11/h2-4,9,11-12,21-22H,5-8,10,18H2,1H3/t11?,12?,17-/m1/s1. The molecule has 0 saturated heterocycles. The van der Waals surface area contributed by atoms with Gasteiger partial charge in [-0.2, -0.15) is 0 Å². The van der Waals surface area contributed by atoms with Crippen LogP contribution >= 0.6 is 0 Å². The van der Waals surface area contributed by atoms with Crippen LogP contribution in [0.2, 0.25) is 0 Å². The smallest absolute Gasteiger partial charge is 0.232 e. The third-order valence-corrected chi connectivity index (χ3v) is 4.91. The molecule has 1 aromatic carbocycles. The lowest BCUT2D eigenvalue weighted by molar-refractivity contribution is -0.0790. The summed E-state index contributed by atoms with van der Waals surface area (Å²) in [6.07, 6.45) is 4.82. The molecular weight excluding hydrogens is 294 g/mol. The van der Waals surface area contributed by atoms with Gasteiger partial charge in [0.05, 0.1) is 30.9 Å². The Labute approximate surface area is 135 Å². The molecule has 1 aliphatic carbocycles. The second-order valence-corrected chi connectivity index (χ2v) is 6.28. The first-order valence-corrected chi connectivity index (χ1v) is 7.97. The Hall–Kier alpha value is -1.76. The fraction of sp³-hybridized carbons (Fsp3) is 0.529. The third-order valence-electron chi connectivity index (χ3n) is 4.91. The average Bonchev–Trinajstić information content (AvgIpc) is 2.60. The van der Waals surface area contributed by atoms with Crippen LogP contribution in [-0.2, 0) is 5.60 Å². The number of aromatic nitrogens is 2. The Bertz CT molecular complexity index is 686. The predicted octanol–water partition coefficient (Wildman–Crippen LogP) is 1.34. The van der Waals surface area contributed by atoms with Crippen molar-refractivity contribution in [1.29, 1.82) is 0 Å². The number of hydrogen-bond donors (Lipinski definition) is 3. The van der Waals surface area contributed by atoms with Crippen LogP contribution in [0.3, 0.4) is 0 Å². The number of ether oxygens (including phenoxy) is 1. The fourth-order valence-electron chi connectivity index (χ4n) is 3.50. The number of nitrogens with two attached hydrogens (primary N) is 1. The van der Waals surface area contributed by atoms with Crippen molar-refractivity contribution in [2.45, 2.75) is 37.3 Å². The Balaban J connectivity index is 2.08. The molecule has 3 rings (SSSR count). The van der Waals surface area contributed by atoms with Crippen LogP contribution < -0.4 is 10.5 Å². The van der Waals surface area contributed by atoms with Crippen LogP contribution in [0.15, 0.2) is 24.4 Å². The van der Waals surface area contributed by atoms with Gasteiger partial charge in [-0.05, 0) is 37.7 Å². The summed E-state index contributed by atoms with van der Waals surface area (Å²) in [5.41, 5.74) is 6.46. The van der Waals surface area contributed by atoms with Crippen molar-refractivity contribution in [3.8, 4) is 5.88 Å². The highest BCUT2D eigenvalue weighted by Crippen LogP contribution is 2.41. The largest absolute Gasteiger partial charge is 0.480 e. The Morgan fingerprint density at radius 2 is 2.04 bits per heavy atom. The quantitative estimate of drug-likeness (QED) is 0.786. The van der Waals surface area contributed by atoms with Crippen molar-refractivity contribution in [2.24, 2.45) is 11.7 Å². The van der Waals surface area contributed by atoms with Crippen molar-refractivity contribution in [1.82, 2.24) is 9.97 Å². The van der Waals surface area contributed by atoms with Gasteiger partial charge in [0, 0.05) is 11.6 Å². The van der Waals surface area contributed by atoms with Gasteiger partial charge in [-0.1, -0.05) is 12.1 Å². The maximum Gasteiger partial charge on any atom is 0.232 e. The Morgan fingerprint density at radius 3 is 2.70 bits per heavy atom. The summed E-state index contributed by atoms with van der Waals surface area (Å²) in [5.74, 6) is 0.335. The van der Waals surface area contributed by atoms with Gasteiger partial charge in [0.25, 0.3) is 0 Å². The number of fused-ring (bicyclic) bond motifs is 1. The molecule has 2 aromatic rings. The van der Waals surface area contributed by atoms with Gasteiger partial charge >= 0.3 is 0 Å². The molecule has 0 bridgehead atoms. The van der Waals surface area contributed by atoms with E-state index in [0.717, 1.165) is 25.7 Å². The van der Waals surface area contributed by atoms with E-state index in [1.807, 2.05) is 12.1 Å². The molecule has 0 aliphatic heterocycles. The number of para-hydroxylation sites is 1. The van der Waals surface area contributed by atoms with Gasteiger partial charge in [-0.25, -0.2) is 9.97 Å². The molecule has 0 radical (unpaired) electrons. The Morgan fingerprint density at radius 1 is 1.30 bits per heavy atom. The van der Waals surface area contributed by atoms with Crippen molar-refractivity contribution < 1.29 is 14.9 Å². The molecule has 124 valence electrons. The van der Waals surface area contributed by atoms with Crippen molar-refractivity contribution >= 4 is 11.0 Å². The molecule has 23 heavy (non-hydrogen) atoms. The molecule has 4 N–H and O–H groups in total. The number of nitrogens with zero attached hydrogens (tertiary/aromatic N) is 2. The highest BCUT2D eigenvalue weighted by atomic mass is 16.5. The molecule has 1 fully saturated rings. The van der Waals surface area contributed by atoms with E-state index in [0.29, 0.717) is 22.5 Å². The molecule has 0 amide bonds. The molecule has 6 nitrogen and oxygen atoms in total. The predicted molar refractivity (Wildman–Crippen MR) is 87.0 cm³/mol. The van der Waals surface area contributed by atoms with Gasteiger partial charge in [0.1, 0.15) is 5.60 Å². The van der Waals surface area contributed by atoms with Crippen LogP contribution in [0, 0.1) is 5.92 Å².